The minimum absolute atomic E-state index is 0.294. The summed E-state index contributed by atoms with van der Waals surface area (Å²) in [6.07, 6.45) is 3.54. The van der Waals surface area contributed by atoms with Gasteiger partial charge in [-0.2, -0.15) is 0 Å². The summed E-state index contributed by atoms with van der Waals surface area (Å²) in [5.41, 5.74) is 1.43. The molecule has 0 radical (unpaired) electrons. The molecule has 2 atom stereocenters. The predicted octanol–water partition coefficient (Wildman–Crippen LogP) is 3.18. The molecule has 1 saturated carbocycles. The highest BCUT2D eigenvalue weighted by atomic mass is 32.1. The first kappa shape index (κ1) is 13.1. The molecule has 2 nitrogen and oxygen atoms in total. The van der Waals surface area contributed by atoms with Crippen LogP contribution in [0.5, 0.6) is 0 Å². The van der Waals surface area contributed by atoms with Crippen LogP contribution in [0.3, 0.4) is 0 Å². The molecule has 1 aliphatic carbocycles. The van der Waals surface area contributed by atoms with E-state index in [1.807, 2.05) is 11.3 Å². The summed E-state index contributed by atoms with van der Waals surface area (Å²) in [6, 6.07) is 3.19. The zero-order chi connectivity index (χ0) is 12.4. The van der Waals surface area contributed by atoms with Gasteiger partial charge in [0, 0.05) is 28.4 Å². The predicted molar refractivity (Wildman–Crippen MR) is 73.6 cm³/mol. The van der Waals surface area contributed by atoms with E-state index in [-0.39, 0.29) is 0 Å². The van der Waals surface area contributed by atoms with Gasteiger partial charge in [-0.1, -0.05) is 0 Å². The maximum Gasteiger partial charge on any atom is 0.0445 e. The number of aryl methyl sites for hydroxylation is 2. The molecule has 2 N–H and O–H groups in total. The molecule has 0 aliphatic heterocycles. The molecule has 0 spiro atoms. The molecule has 1 fully saturated rings. The van der Waals surface area contributed by atoms with Crippen molar-refractivity contribution in [2.45, 2.75) is 52.1 Å². The maximum absolute atomic E-state index is 9.12. The Morgan fingerprint density at radius 1 is 1.47 bits per heavy atom. The molecule has 0 bridgehead atoms. The van der Waals surface area contributed by atoms with Crippen LogP contribution in [0.4, 0.5) is 0 Å². The Morgan fingerprint density at radius 3 is 2.65 bits per heavy atom. The van der Waals surface area contributed by atoms with Crippen molar-refractivity contribution in [2.75, 3.05) is 6.61 Å². The van der Waals surface area contributed by atoms with E-state index in [0.717, 1.165) is 12.3 Å². The van der Waals surface area contributed by atoms with Crippen molar-refractivity contribution in [1.82, 2.24) is 5.32 Å². The first-order valence-electron chi connectivity index (χ1n) is 6.55. The van der Waals surface area contributed by atoms with E-state index in [0.29, 0.717) is 18.7 Å². The summed E-state index contributed by atoms with van der Waals surface area (Å²) in [5.74, 6) is 0.796. The van der Waals surface area contributed by atoms with E-state index in [1.54, 1.807) is 0 Å². The van der Waals surface area contributed by atoms with Gasteiger partial charge < -0.3 is 10.4 Å². The lowest BCUT2D eigenvalue weighted by molar-refractivity contribution is 0.250. The Bertz CT molecular complexity index is 370. The van der Waals surface area contributed by atoms with Crippen LogP contribution < -0.4 is 5.32 Å². The van der Waals surface area contributed by atoms with Gasteiger partial charge in [0.2, 0.25) is 0 Å². The Kier molecular flexibility index (Phi) is 4.23. The molecule has 0 aromatic carbocycles. The van der Waals surface area contributed by atoms with Gasteiger partial charge in [-0.3, -0.25) is 0 Å². The lowest BCUT2D eigenvalue weighted by atomic mass is 10.0. The summed E-state index contributed by atoms with van der Waals surface area (Å²) in [4.78, 5) is 2.80. The second-order valence-electron chi connectivity index (χ2n) is 5.21. The van der Waals surface area contributed by atoms with Crippen molar-refractivity contribution in [2.24, 2.45) is 5.92 Å². The zero-order valence-corrected chi connectivity index (χ0v) is 11.8. The van der Waals surface area contributed by atoms with E-state index < -0.39 is 0 Å². The standard InChI is InChI=1S/C14H23NOS/c1-9-8-13(11(3)17-9)10(2)15-14(6-7-16)12-4-5-12/h8,10,12,14-16H,4-7H2,1-3H3. The summed E-state index contributed by atoms with van der Waals surface area (Å²) in [7, 11) is 0. The number of hydrogen-bond donors (Lipinski definition) is 2. The van der Waals surface area contributed by atoms with Gasteiger partial charge in [-0.15, -0.1) is 11.3 Å². The van der Waals surface area contributed by atoms with Crippen molar-refractivity contribution in [3.8, 4) is 0 Å². The fraction of sp³-hybridized carbons (Fsp3) is 0.714. The number of rotatable bonds is 6. The first-order chi connectivity index (χ1) is 8.11. The van der Waals surface area contributed by atoms with Gasteiger partial charge >= 0.3 is 0 Å². The third kappa shape index (κ3) is 3.30. The van der Waals surface area contributed by atoms with E-state index in [2.05, 4.69) is 32.2 Å². The molecule has 1 aromatic heterocycles. The SMILES string of the molecule is Cc1cc(C(C)NC(CCO)C2CC2)c(C)s1. The number of nitrogens with one attached hydrogen (secondary N) is 1. The van der Waals surface area contributed by atoms with E-state index in [4.69, 9.17) is 5.11 Å². The first-order valence-corrected chi connectivity index (χ1v) is 7.37. The molecule has 1 aliphatic rings. The van der Waals surface area contributed by atoms with Crippen molar-refractivity contribution >= 4 is 11.3 Å². The molecular formula is C14H23NOS. The minimum Gasteiger partial charge on any atom is -0.396 e. The van der Waals surface area contributed by atoms with E-state index >= 15 is 0 Å². The highest BCUT2D eigenvalue weighted by molar-refractivity contribution is 7.12. The number of aliphatic hydroxyl groups is 1. The molecule has 2 rings (SSSR count). The molecule has 3 heteroatoms. The minimum atomic E-state index is 0.294. The molecule has 2 unspecified atom stereocenters. The van der Waals surface area contributed by atoms with Crippen LogP contribution in [0.15, 0.2) is 6.07 Å². The molecular weight excluding hydrogens is 230 g/mol. The van der Waals surface area contributed by atoms with Crippen molar-refractivity contribution in [3.63, 3.8) is 0 Å². The normalized spacial score (nSPS) is 19.3. The summed E-state index contributed by atoms with van der Waals surface area (Å²) >= 11 is 1.87. The van der Waals surface area contributed by atoms with Gasteiger partial charge in [-0.25, -0.2) is 0 Å². The Balaban J connectivity index is 1.99. The van der Waals surface area contributed by atoms with Crippen LogP contribution in [0.2, 0.25) is 0 Å². The topological polar surface area (TPSA) is 32.3 Å². The Hall–Kier alpha value is -0.380. The quantitative estimate of drug-likeness (QED) is 0.816. The van der Waals surface area contributed by atoms with Gasteiger partial charge in [0.1, 0.15) is 0 Å². The lowest BCUT2D eigenvalue weighted by Gasteiger charge is -2.23. The third-order valence-corrected chi connectivity index (χ3v) is 4.62. The van der Waals surface area contributed by atoms with Crippen molar-refractivity contribution in [1.29, 1.82) is 0 Å². The zero-order valence-electron chi connectivity index (χ0n) is 11.0. The van der Waals surface area contributed by atoms with Gasteiger partial charge in [-0.05, 0) is 57.6 Å². The number of aliphatic hydroxyl groups excluding tert-OH is 1. The lowest BCUT2D eigenvalue weighted by Crippen LogP contribution is -2.34. The van der Waals surface area contributed by atoms with Crippen molar-refractivity contribution < 1.29 is 5.11 Å². The van der Waals surface area contributed by atoms with E-state index in [1.165, 1.54) is 28.2 Å². The largest absolute Gasteiger partial charge is 0.396 e. The van der Waals surface area contributed by atoms with Gasteiger partial charge in [0.05, 0.1) is 0 Å². The van der Waals surface area contributed by atoms with E-state index in [9.17, 15) is 0 Å². The summed E-state index contributed by atoms with van der Waals surface area (Å²) in [6.45, 7) is 6.90. The second-order valence-corrected chi connectivity index (χ2v) is 6.67. The fourth-order valence-electron chi connectivity index (χ4n) is 2.58. The highest BCUT2D eigenvalue weighted by Gasteiger charge is 2.31. The van der Waals surface area contributed by atoms with Crippen LogP contribution in [-0.2, 0) is 0 Å². The third-order valence-electron chi connectivity index (χ3n) is 3.64. The molecule has 1 aromatic rings. The molecule has 96 valence electrons. The van der Waals surface area contributed by atoms with Gasteiger partial charge in [0.25, 0.3) is 0 Å². The smallest absolute Gasteiger partial charge is 0.0445 e. The van der Waals surface area contributed by atoms with Crippen LogP contribution >= 0.6 is 11.3 Å². The van der Waals surface area contributed by atoms with Gasteiger partial charge in [0.15, 0.2) is 0 Å². The highest BCUT2D eigenvalue weighted by Crippen LogP contribution is 2.35. The van der Waals surface area contributed by atoms with Crippen LogP contribution in [0.1, 0.15) is 47.5 Å². The van der Waals surface area contributed by atoms with Crippen LogP contribution in [0.25, 0.3) is 0 Å². The molecule has 17 heavy (non-hydrogen) atoms. The monoisotopic (exact) mass is 253 g/mol. The summed E-state index contributed by atoms with van der Waals surface area (Å²) < 4.78 is 0. The van der Waals surface area contributed by atoms with Crippen molar-refractivity contribution in [3.05, 3.63) is 21.4 Å². The Morgan fingerprint density at radius 2 is 2.18 bits per heavy atom. The van der Waals surface area contributed by atoms with Crippen LogP contribution in [0, 0.1) is 19.8 Å². The number of thiophene rings is 1. The molecule has 1 heterocycles. The maximum atomic E-state index is 9.12. The molecule has 0 amide bonds. The average Bonchev–Trinajstić information content (AvgIpc) is 3.04. The average molecular weight is 253 g/mol. The fourth-order valence-corrected chi connectivity index (χ4v) is 3.61. The number of hydrogen-bond acceptors (Lipinski definition) is 3. The summed E-state index contributed by atoms with van der Waals surface area (Å²) in [5, 5.41) is 12.8. The molecule has 0 saturated heterocycles. The second kappa shape index (κ2) is 5.51. The Labute approximate surface area is 108 Å². The van der Waals surface area contributed by atoms with Crippen LogP contribution in [-0.4, -0.2) is 17.8 Å².